The minimum atomic E-state index is -0.240. The van der Waals surface area contributed by atoms with Gasteiger partial charge in [0.05, 0.1) is 5.69 Å². The predicted octanol–water partition coefficient (Wildman–Crippen LogP) is 13.2. The van der Waals surface area contributed by atoms with E-state index in [0.717, 1.165) is 50.7 Å². The van der Waals surface area contributed by atoms with Crippen LogP contribution in [0.5, 0.6) is 5.75 Å². The number of hydrogen-bond donors (Lipinski definition) is 1. The molecule has 0 fully saturated rings. The van der Waals surface area contributed by atoms with Crippen LogP contribution in [0.1, 0.15) is 76.6 Å². The van der Waals surface area contributed by atoms with Crippen molar-refractivity contribution in [2.45, 2.75) is 65.2 Å². The molecule has 4 nitrogen and oxygen atoms in total. The van der Waals surface area contributed by atoms with Crippen LogP contribution in [-0.4, -0.2) is 15.1 Å². The molecule has 2 heterocycles. The third-order valence-corrected chi connectivity index (χ3v) is 10.1. The van der Waals surface area contributed by atoms with E-state index in [4.69, 9.17) is 9.97 Å². The number of phenolic OH excluding ortho intramolecular Hbond substituents is 1. The van der Waals surface area contributed by atoms with Crippen LogP contribution >= 0.6 is 0 Å². The molecular weight excluding hydrogens is 854 g/mol. The van der Waals surface area contributed by atoms with Gasteiger partial charge in [0.1, 0.15) is 11.6 Å². The van der Waals surface area contributed by atoms with E-state index in [1.165, 1.54) is 11.1 Å². The summed E-state index contributed by atoms with van der Waals surface area (Å²) in [7, 11) is 0. The second-order valence-corrected chi connectivity index (χ2v) is 16.1. The van der Waals surface area contributed by atoms with E-state index in [0.29, 0.717) is 11.3 Å². The SMILES string of the molecule is CC(c1ccccc1)c1ccc(N(c2[c-]c(-c3cc(-c4ccccc4)cc(-c4cccc(C(C)(C)C)c4O)n3)cc(C(C)(C)C)c2)c2ccccn2)cc1.[Pt]. The number of aromatic hydroxyl groups is 1. The van der Waals surface area contributed by atoms with Gasteiger partial charge in [-0.3, -0.25) is 4.98 Å². The van der Waals surface area contributed by atoms with Crippen LogP contribution < -0.4 is 4.90 Å². The molecule has 5 aromatic carbocycles. The molecule has 280 valence electrons. The summed E-state index contributed by atoms with van der Waals surface area (Å²) in [5.74, 6) is 1.31. The first-order valence-electron chi connectivity index (χ1n) is 18.7. The smallest absolute Gasteiger partial charge is 0.136 e. The number of aromatic nitrogens is 2. The largest absolute Gasteiger partial charge is 0.507 e. The Balaban J connectivity index is 0.00000514. The average molecular weight is 902 g/mol. The van der Waals surface area contributed by atoms with Crippen molar-refractivity contribution in [2.24, 2.45) is 0 Å². The zero-order chi connectivity index (χ0) is 38.0. The van der Waals surface area contributed by atoms with Crippen molar-refractivity contribution < 1.29 is 26.2 Å². The number of para-hydroxylation sites is 1. The van der Waals surface area contributed by atoms with Crippen LogP contribution in [0, 0.1) is 6.07 Å². The van der Waals surface area contributed by atoms with E-state index in [9.17, 15) is 5.11 Å². The van der Waals surface area contributed by atoms with Gasteiger partial charge in [0, 0.05) is 44.4 Å². The van der Waals surface area contributed by atoms with E-state index in [2.05, 4.69) is 150 Å². The fraction of sp³-hybridized carbons (Fsp3) is 0.200. The monoisotopic (exact) mass is 901 g/mol. The van der Waals surface area contributed by atoms with Gasteiger partial charge in [0.25, 0.3) is 0 Å². The molecule has 1 atom stereocenters. The van der Waals surface area contributed by atoms with Crippen LogP contribution in [0.3, 0.4) is 0 Å². The van der Waals surface area contributed by atoms with Gasteiger partial charge in [0.2, 0.25) is 0 Å². The molecule has 0 spiro atoms. The van der Waals surface area contributed by atoms with Crippen molar-refractivity contribution >= 4 is 17.2 Å². The van der Waals surface area contributed by atoms with Gasteiger partial charge in [-0.1, -0.05) is 146 Å². The third kappa shape index (κ3) is 8.66. The molecule has 0 aliphatic carbocycles. The zero-order valence-corrected chi connectivity index (χ0v) is 34.9. The predicted molar refractivity (Wildman–Crippen MR) is 225 cm³/mol. The van der Waals surface area contributed by atoms with Crippen molar-refractivity contribution in [2.75, 3.05) is 4.90 Å². The van der Waals surface area contributed by atoms with Gasteiger partial charge < -0.3 is 10.0 Å². The Kier molecular flexibility index (Phi) is 11.6. The second-order valence-electron chi connectivity index (χ2n) is 16.1. The van der Waals surface area contributed by atoms with Crippen LogP contribution in [-0.2, 0) is 31.9 Å². The first-order valence-corrected chi connectivity index (χ1v) is 18.7. The Morgan fingerprint density at radius 2 is 1.25 bits per heavy atom. The number of pyridine rings is 2. The molecule has 55 heavy (non-hydrogen) atoms. The minimum absolute atomic E-state index is 0. The number of nitrogens with zero attached hydrogens (tertiary/aromatic N) is 3. The second kappa shape index (κ2) is 16.2. The molecule has 1 unspecified atom stereocenters. The third-order valence-electron chi connectivity index (χ3n) is 10.1. The van der Waals surface area contributed by atoms with E-state index in [1.807, 2.05) is 60.8 Å². The maximum absolute atomic E-state index is 11.7. The molecule has 0 saturated carbocycles. The van der Waals surface area contributed by atoms with Crippen molar-refractivity contribution in [3.8, 4) is 39.4 Å². The van der Waals surface area contributed by atoms with Gasteiger partial charge in [-0.25, -0.2) is 4.98 Å². The first-order chi connectivity index (χ1) is 25.9. The van der Waals surface area contributed by atoms with Crippen LogP contribution in [0.25, 0.3) is 33.6 Å². The molecule has 5 heteroatoms. The number of benzene rings is 5. The maximum Gasteiger partial charge on any atom is 0.136 e. The van der Waals surface area contributed by atoms with Crippen LogP contribution in [0.4, 0.5) is 17.2 Å². The van der Waals surface area contributed by atoms with Crippen molar-refractivity contribution in [1.82, 2.24) is 9.97 Å². The summed E-state index contributed by atoms with van der Waals surface area (Å²) in [6.45, 7) is 15.3. The molecule has 0 radical (unpaired) electrons. The van der Waals surface area contributed by atoms with E-state index < -0.39 is 0 Å². The Bertz CT molecular complexity index is 2360. The molecule has 0 amide bonds. The number of rotatable bonds is 8. The van der Waals surface area contributed by atoms with E-state index in [1.54, 1.807) is 0 Å². The molecular formula is C50H48N3OPt-. The molecule has 0 saturated heterocycles. The summed E-state index contributed by atoms with van der Waals surface area (Å²) in [5, 5.41) is 11.7. The van der Waals surface area contributed by atoms with Crippen molar-refractivity contribution in [3.63, 3.8) is 0 Å². The summed E-state index contributed by atoms with van der Waals surface area (Å²) < 4.78 is 0. The normalized spacial score (nSPS) is 12.1. The summed E-state index contributed by atoms with van der Waals surface area (Å²) >= 11 is 0. The van der Waals surface area contributed by atoms with Crippen molar-refractivity contribution in [3.05, 3.63) is 180 Å². The Morgan fingerprint density at radius 3 is 1.89 bits per heavy atom. The Morgan fingerprint density at radius 1 is 0.618 bits per heavy atom. The van der Waals surface area contributed by atoms with Crippen LogP contribution in [0.2, 0.25) is 0 Å². The fourth-order valence-corrected chi connectivity index (χ4v) is 6.93. The topological polar surface area (TPSA) is 49.2 Å². The summed E-state index contributed by atoms with van der Waals surface area (Å²) in [5.41, 5.74) is 11.1. The Hall–Kier alpha value is -5.31. The molecule has 1 N–H and O–H groups in total. The Labute approximate surface area is 341 Å². The van der Waals surface area contributed by atoms with Crippen molar-refractivity contribution in [1.29, 1.82) is 0 Å². The van der Waals surface area contributed by atoms with Gasteiger partial charge in [0.15, 0.2) is 0 Å². The standard InChI is InChI=1S/C50H48N3O.Pt/c1-34(35-17-10-8-11-18-35)36-24-26-41(27-25-36)53(47-23-14-15-28-51-47)42-30-39(29-40(33-42)49(2,3)4)45-31-38(37-19-12-9-13-20-37)32-46(52-45)43-21-16-22-44(48(43)54)50(5,6)7;/h8-29,31-34,54H,1-7H3;/q-1;. The number of phenols is 1. The van der Waals surface area contributed by atoms with Crippen LogP contribution in [0.15, 0.2) is 152 Å². The molecule has 0 aliphatic heterocycles. The first kappa shape index (κ1) is 39.4. The molecule has 2 aromatic heterocycles. The van der Waals surface area contributed by atoms with Gasteiger partial charge in [-0.05, 0) is 86.4 Å². The average Bonchev–Trinajstić information content (AvgIpc) is 3.18. The van der Waals surface area contributed by atoms with E-state index >= 15 is 0 Å². The van der Waals surface area contributed by atoms with Gasteiger partial charge in [-0.15, -0.1) is 29.3 Å². The van der Waals surface area contributed by atoms with Gasteiger partial charge >= 0.3 is 0 Å². The molecule has 0 aliphatic rings. The summed E-state index contributed by atoms with van der Waals surface area (Å²) in [4.78, 5) is 12.3. The maximum atomic E-state index is 11.7. The number of anilines is 3. The van der Waals surface area contributed by atoms with E-state index in [-0.39, 0.29) is 43.6 Å². The molecule has 0 bridgehead atoms. The molecule has 7 rings (SSSR count). The zero-order valence-electron chi connectivity index (χ0n) is 32.6. The summed E-state index contributed by atoms with van der Waals surface area (Å²) in [6.07, 6.45) is 1.83. The summed E-state index contributed by atoms with van der Waals surface area (Å²) in [6, 6.07) is 54.1. The number of hydrogen-bond acceptors (Lipinski definition) is 4. The minimum Gasteiger partial charge on any atom is -0.507 e. The molecule has 7 aromatic rings. The quantitative estimate of drug-likeness (QED) is 0.154. The fourth-order valence-electron chi connectivity index (χ4n) is 6.93. The van der Waals surface area contributed by atoms with Gasteiger partial charge in [-0.2, -0.15) is 0 Å².